The van der Waals surface area contributed by atoms with Crippen molar-refractivity contribution in [2.75, 3.05) is 6.61 Å². The molecule has 0 amide bonds. The van der Waals surface area contributed by atoms with E-state index in [4.69, 9.17) is 10.2 Å². The number of rotatable bonds is 4. The normalized spacial score (nSPS) is 16.8. The third-order valence-corrected chi connectivity index (χ3v) is 1.23. The molecule has 54 valence electrons. The van der Waals surface area contributed by atoms with Crippen molar-refractivity contribution in [3.63, 3.8) is 0 Å². The van der Waals surface area contributed by atoms with Crippen molar-refractivity contribution in [1.82, 2.24) is 0 Å². The number of aliphatic hydroxyl groups is 2. The summed E-state index contributed by atoms with van der Waals surface area (Å²) in [6.45, 7) is 4.93. The van der Waals surface area contributed by atoms with Gasteiger partial charge in [-0.2, -0.15) is 0 Å². The number of allylic oxidation sites excluding steroid dienone is 1. The molecule has 0 radical (unpaired) electrons. The summed E-state index contributed by atoms with van der Waals surface area (Å²) in [4.78, 5) is 0. The Morgan fingerprint density at radius 3 is 2.56 bits per heavy atom. The first-order chi connectivity index (χ1) is 4.12. The minimum absolute atomic E-state index is 0.180. The molecule has 2 heteroatoms. The zero-order valence-electron chi connectivity index (χ0n) is 5.80. The molecule has 0 rings (SSSR count). The van der Waals surface area contributed by atoms with E-state index in [9.17, 15) is 0 Å². The molecule has 0 fully saturated rings. The molecule has 0 aromatic carbocycles. The van der Waals surface area contributed by atoms with E-state index in [0.29, 0.717) is 6.42 Å². The van der Waals surface area contributed by atoms with Crippen LogP contribution in [0, 0.1) is 0 Å². The van der Waals surface area contributed by atoms with Crippen LogP contribution in [0.5, 0.6) is 0 Å². The van der Waals surface area contributed by atoms with E-state index in [1.165, 1.54) is 0 Å². The van der Waals surface area contributed by atoms with Gasteiger partial charge in [0.25, 0.3) is 0 Å². The van der Waals surface area contributed by atoms with Gasteiger partial charge in [-0.15, -0.1) is 6.58 Å². The third-order valence-electron chi connectivity index (χ3n) is 1.23. The van der Waals surface area contributed by atoms with Crippen molar-refractivity contribution in [2.45, 2.75) is 25.4 Å². The van der Waals surface area contributed by atoms with Crippen LogP contribution in [0.25, 0.3) is 0 Å². The first kappa shape index (κ1) is 8.66. The lowest BCUT2D eigenvalue weighted by molar-refractivity contribution is -0.00420. The summed E-state index contributed by atoms with van der Waals surface area (Å²) in [6.07, 6.45) is 3.05. The molecule has 0 aromatic heterocycles. The third kappa shape index (κ3) is 4.18. The topological polar surface area (TPSA) is 40.5 Å². The smallest absolute Gasteiger partial charge is 0.0852 e. The molecule has 0 aliphatic carbocycles. The van der Waals surface area contributed by atoms with Crippen LogP contribution in [0.15, 0.2) is 12.7 Å². The van der Waals surface area contributed by atoms with E-state index in [-0.39, 0.29) is 6.61 Å². The Labute approximate surface area is 55.8 Å². The van der Waals surface area contributed by atoms with Crippen LogP contribution in [0.2, 0.25) is 0 Å². The summed E-state index contributed by atoms with van der Waals surface area (Å²) in [5.74, 6) is 0. The Kier molecular flexibility index (Phi) is 3.50. The van der Waals surface area contributed by atoms with Crippen molar-refractivity contribution >= 4 is 0 Å². The molecule has 0 saturated heterocycles. The summed E-state index contributed by atoms with van der Waals surface area (Å²) >= 11 is 0. The van der Waals surface area contributed by atoms with Gasteiger partial charge in [-0.3, -0.25) is 0 Å². The first-order valence-electron chi connectivity index (χ1n) is 3.06. The van der Waals surface area contributed by atoms with Gasteiger partial charge in [-0.25, -0.2) is 0 Å². The van der Waals surface area contributed by atoms with E-state index in [1.54, 1.807) is 13.0 Å². The molecule has 2 nitrogen and oxygen atoms in total. The van der Waals surface area contributed by atoms with E-state index in [0.717, 1.165) is 6.42 Å². The van der Waals surface area contributed by atoms with E-state index in [1.807, 2.05) is 0 Å². The van der Waals surface area contributed by atoms with E-state index < -0.39 is 5.60 Å². The maximum absolute atomic E-state index is 9.16. The zero-order chi connectivity index (χ0) is 7.33. The average molecular weight is 130 g/mol. The van der Waals surface area contributed by atoms with Crippen LogP contribution in [0.1, 0.15) is 19.8 Å². The lowest BCUT2D eigenvalue weighted by Crippen LogP contribution is -2.28. The Bertz CT molecular complexity index is 86.9. The second kappa shape index (κ2) is 3.64. The lowest BCUT2D eigenvalue weighted by atomic mass is 10.0. The minimum atomic E-state index is -0.922. The fraction of sp³-hybridized carbons (Fsp3) is 0.714. The minimum Gasteiger partial charge on any atom is -0.393 e. The molecule has 0 aliphatic rings. The van der Waals surface area contributed by atoms with E-state index >= 15 is 0 Å². The second-order valence-corrected chi connectivity index (χ2v) is 2.48. The summed E-state index contributed by atoms with van der Waals surface area (Å²) in [6, 6.07) is 0. The fourth-order valence-corrected chi connectivity index (χ4v) is 0.492. The molecule has 0 aliphatic heterocycles. The van der Waals surface area contributed by atoms with Gasteiger partial charge in [0.15, 0.2) is 0 Å². The lowest BCUT2D eigenvalue weighted by Gasteiger charge is -2.18. The van der Waals surface area contributed by atoms with Crippen LogP contribution in [0.4, 0.5) is 0 Å². The maximum atomic E-state index is 9.16. The molecule has 0 saturated carbocycles. The molecule has 0 heterocycles. The van der Waals surface area contributed by atoms with Gasteiger partial charge in [0.2, 0.25) is 0 Å². The summed E-state index contributed by atoms with van der Waals surface area (Å²) in [5.41, 5.74) is -0.922. The van der Waals surface area contributed by atoms with Gasteiger partial charge in [-0.05, 0) is 19.8 Å². The van der Waals surface area contributed by atoms with E-state index in [2.05, 4.69) is 6.58 Å². The molecule has 0 aromatic rings. The molecular weight excluding hydrogens is 116 g/mol. The van der Waals surface area contributed by atoms with Gasteiger partial charge in [-0.1, -0.05) is 6.08 Å². The van der Waals surface area contributed by atoms with Crippen LogP contribution in [-0.4, -0.2) is 22.4 Å². The van der Waals surface area contributed by atoms with Crippen molar-refractivity contribution in [3.05, 3.63) is 12.7 Å². The quantitative estimate of drug-likeness (QED) is 0.550. The van der Waals surface area contributed by atoms with Gasteiger partial charge in [0, 0.05) is 0 Å². The summed E-state index contributed by atoms with van der Waals surface area (Å²) in [5, 5.41) is 17.7. The largest absolute Gasteiger partial charge is 0.393 e. The standard InChI is InChI=1S/C7H14O2/c1-3-4-5-7(2,9)6-8/h3,8-9H,1,4-6H2,2H3/t7-/m1/s1. The highest BCUT2D eigenvalue weighted by atomic mass is 16.3. The summed E-state index contributed by atoms with van der Waals surface area (Å²) in [7, 11) is 0. The Morgan fingerprint density at radius 2 is 2.22 bits per heavy atom. The maximum Gasteiger partial charge on any atom is 0.0852 e. The number of aliphatic hydroxyl groups excluding tert-OH is 1. The first-order valence-corrected chi connectivity index (χ1v) is 3.06. The predicted molar refractivity (Wildman–Crippen MR) is 37.1 cm³/mol. The van der Waals surface area contributed by atoms with Gasteiger partial charge in [0.1, 0.15) is 0 Å². The molecule has 0 bridgehead atoms. The van der Waals surface area contributed by atoms with Crippen molar-refractivity contribution in [2.24, 2.45) is 0 Å². The summed E-state index contributed by atoms with van der Waals surface area (Å²) < 4.78 is 0. The van der Waals surface area contributed by atoms with Gasteiger partial charge < -0.3 is 10.2 Å². The molecule has 2 N–H and O–H groups in total. The highest BCUT2D eigenvalue weighted by molar-refractivity contribution is 4.76. The Morgan fingerprint density at radius 1 is 1.67 bits per heavy atom. The van der Waals surface area contributed by atoms with Gasteiger partial charge >= 0.3 is 0 Å². The van der Waals surface area contributed by atoms with Crippen LogP contribution in [0.3, 0.4) is 0 Å². The Balaban J connectivity index is 3.44. The van der Waals surface area contributed by atoms with Crippen LogP contribution >= 0.6 is 0 Å². The highest BCUT2D eigenvalue weighted by Gasteiger charge is 2.16. The predicted octanol–water partition coefficient (Wildman–Crippen LogP) is 0.696. The number of hydrogen-bond acceptors (Lipinski definition) is 2. The second-order valence-electron chi connectivity index (χ2n) is 2.48. The SMILES string of the molecule is C=CCC[C@@](C)(O)CO. The van der Waals surface area contributed by atoms with Crippen LogP contribution < -0.4 is 0 Å². The van der Waals surface area contributed by atoms with Gasteiger partial charge in [0.05, 0.1) is 12.2 Å². The van der Waals surface area contributed by atoms with Crippen molar-refractivity contribution in [3.8, 4) is 0 Å². The molecule has 0 spiro atoms. The number of hydrogen-bond donors (Lipinski definition) is 2. The average Bonchev–Trinajstić information content (AvgIpc) is 1.84. The fourth-order valence-electron chi connectivity index (χ4n) is 0.492. The monoisotopic (exact) mass is 130 g/mol. The molecule has 1 atom stereocenters. The Hall–Kier alpha value is -0.340. The van der Waals surface area contributed by atoms with Crippen LogP contribution in [-0.2, 0) is 0 Å². The highest BCUT2D eigenvalue weighted by Crippen LogP contribution is 2.10. The van der Waals surface area contributed by atoms with Crippen molar-refractivity contribution in [1.29, 1.82) is 0 Å². The molecule has 0 unspecified atom stereocenters. The van der Waals surface area contributed by atoms with Crippen molar-refractivity contribution < 1.29 is 10.2 Å². The zero-order valence-corrected chi connectivity index (χ0v) is 5.80. The molecular formula is C7H14O2. The molecule has 9 heavy (non-hydrogen) atoms.